The maximum absolute atomic E-state index is 6.12. The fraction of sp³-hybridized carbons (Fsp3) is 0.235. The normalized spacial score (nSPS) is 11.2. The molecular weight excluding hydrogens is 280 g/mol. The van der Waals surface area contributed by atoms with Gasteiger partial charge >= 0.3 is 0 Å². The van der Waals surface area contributed by atoms with E-state index < -0.39 is 0 Å². The molecule has 1 aromatic heterocycles. The summed E-state index contributed by atoms with van der Waals surface area (Å²) in [6.07, 6.45) is 0. The van der Waals surface area contributed by atoms with Gasteiger partial charge in [-0.3, -0.25) is 0 Å². The average molecular weight is 298 g/mol. The van der Waals surface area contributed by atoms with E-state index in [2.05, 4.69) is 24.9 Å². The average Bonchev–Trinajstić information content (AvgIpc) is 2.78. The lowest BCUT2D eigenvalue weighted by Gasteiger charge is -2.14. The second-order valence-corrected chi connectivity index (χ2v) is 6.62. The summed E-state index contributed by atoms with van der Waals surface area (Å²) in [5.41, 5.74) is 8.87. The van der Waals surface area contributed by atoms with Crippen LogP contribution in [0.25, 0.3) is 10.2 Å². The van der Waals surface area contributed by atoms with Crippen molar-refractivity contribution in [3.05, 3.63) is 47.0 Å². The highest BCUT2D eigenvalue weighted by molar-refractivity contribution is 7.18. The smallest absolute Gasteiger partial charge is 0.152 e. The molecule has 3 rings (SSSR count). The van der Waals surface area contributed by atoms with Crippen molar-refractivity contribution in [2.75, 3.05) is 5.73 Å². The maximum atomic E-state index is 6.12. The molecule has 0 atom stereocenters. The van der Waals surface area contributed by atoms with Gasteiger partial charge in [0.25, 0.3) is 0 Å². The predicted octanol–water partition coefficient (Wildman–Crippen LogP) is 5.10. The number of nitrogens with zero attached hydrogens (tertiary/aromatic N) is 1. The molecular formula is C17H18N2OS. The number of hydrogen-bond acceptors (Lipinski definition) is 4. The number of anilines is 1. The van der Waals surface area contributed by atoms with Gasteiger partial charge in [-0.2, -0.15) is 0 Å². The maximum Gasteiger partial charge on any atom is 0.152 e. The zero-order valence-corrected chi connectivity index (χ0v) is 13.2. The second-order valence-electron chi connectivity index (χ2n) is 5.39. The molecule has 21 heavy (non-hydrogen) atoms. The summed E-state index contributed by atoms with van der Waals surface area (Å²) < 4.78 is 7.15. The summed E-state index contributed by atoms with van der Waals surface area (Å²) in [5, 5.41) is 1.03. The van der Waals surface area contributed by atoms with Crippen LogP contribution < -0.4 is 10.5 Å². The first kappa shape index (κ1) is 13.9. The monoisotopic (exact) mass is 298 g/mol. The Morgan fingerprint density at radius 2 is 1.90 bits per heavy atom. The Bertz CT molecular complexity index is 793. The van der Waals surface area contributed by atoms with E-state index in [1.807, 2.05) is 37.3 Å². The minimum Gasteiger partial charge on any atom is -0.455 e. The SMILES string of the molecule is Cc1nc2cc(Oc3ccccc3C(C)C)c(N)cc2s1. The first-order valence-electron chi connectivity index (χ1n) is 6.98. The van der Waals surface area contributed by atoms with Crippen LogP contribution in [-0.2, 0) is 0 Å². The van der Waals surface area contributed by atoms with E-state index in [9.17, 15) is 0 Å². The van der Waals surface area contributed by atoms with Gasteiger partial charge in [-0.05, 0) is 30.5 Å². The molecule has 3 nitrogen and oxygen atoms in total. The molecule has 0 saturated heterocycles. The Balaban J connectivity index is 2.03. The van der Waals surface area contributed by atoms with Gasteiger partial charge in [0.05, 0.1) is 20.9 Å². The summed E-state index contributed by atoms with van der Waals surface area (Å²) in [7, 11) is 0. The van der Waals surface area contributed by atoms with Crippen molar-refractivity contribution < 1.29 is 4.74 Å². The molecule has 0 fully saturated rings. The third-order valence-corrected chi connectivity index (χ3v) is 4.32. The lowest BCUT2D eigenvalue weighted by Crippen LogP contribution is -1.96. The molecule has 2 N–H and O–H groups in total. The fourth-order valence-corrected chi connectivity index (χ4v) is 3.20. The molecule has 0 saturated carbocycles. The Morgan fingerprint density at radius 3 is 2.67 bits per heavy atom. The van der Waals surface area contributed by atoms with Crippen molar-refractivity contribution in [2.45, 2.75) is 26.7 Å². The number of para-hydroxylation sites is 1. The van der Waals surface area contributed by atoms with Crippen LogP contribution in [0.15, 0.2) is 36.4 Å². The van der Waals surface area contributed by atoms with Crippen LogP contribution >= 0.6 is 11.3 Å². The topological polar surface area (TPSA) is 48.1 Å². The van der Waals surface area contributed by atoms with Crippen molar-refractivity contribution in [2.24, 2.45) is 0 Å². The summed E-state index contributed by atoms with van der Waals surface area (Å²) in [4.78, 5) is 4.50. The van der Waals surface area contributed by atoms with E-state index in [0.717, 1.165) is 21.0 Å². The van der Waals surface area contributed by atoms with Crippen LogP contribution in [0, 0.1) is 6.92 Å². The molecule has 0 aliphatic rings. The van der Waals surface area contributed by atoms with Gasteiger partial charge in [0.1, 0.15) is 5.75 Å². The van der Waals surface area contributed by atoms with Crippen LogP contribution in [0.1, 0.15) is 30.3 Å². The number of hydrogen-bond donors (Lipinski definition) is 1. The van der Waals surface area contributed by atoms with E-state index in [1.54, 1.807) is 11.3 Å². The number of aromatic nitrogens is 1. The summed E-state index contributed by atoms with van der Waals surface area (Å²) in [6, 6.07) is 11.9. The first-order valence-corrected chi connectivity index (χ1v) is 7.79. The minimum atomic E-state index is 0.396. The highest BCUT2D eigenvalue weighted by Crippen LogP contribution is 2.36. The number of aryl methyl sites for hydroxylation is 1. The molecule has 0 amide bonds. The summed E-state index contributed by atoms with van der Waals surface area (Å²) in [6.45, 7) is 6.30. The zero-order valence-electron chi connectivity index (χ0n) is 12.4. The molecule has 1 heterocycles. The van der Waals surface area contributed by atoms with E-state index in [0.29, 0.717) is 17.4 Å². The Kier molecular flexibility index (Phi) is 3.55. The molecule has 0 aliphatic heterocycles. The molecule has 0 radical (unpaired) electrons. The van der Waals surface area contributed by atoms with Crippen LogP contribution in [0.2, 0.25) is 0 Å². The zero-order chi connectivity index (χ0) is 15.0. The van der Waals surface area contributed by atoms with E-state index in [1.165, 1.54) is 5.56 Å². The number of thiazole rings is 1. The van der Waals surface area contributed by atoms with E-state index in [-0.39, 0.29) is 0 Å². The first-order chi connectivity index (χ1) is 10.0. The van der Waals surface area contributed by atoms with E-state index in [4.69, 9.17) is 10.5 Å². The molecule has 0 bridgehead atoms. The molecule has 108 valence electrons. The van der Waals surface area contributed by atoms with Crippen LogP contribution in [0.3, 0.4) is 0 Å². The largest absolute Gasteiger partial charge is 0.455 e. The van der Waals surface area contributed by atoms with E-state index >= 15 is 0 Å². The van der Waals surface area contributed by atoms with Gasteiger partial charge in [0.2, 0.25) is 0 Å². The molecule has 0 aliphatic carbocycles. The summed E-state index contributed by atoms with van der Waals surface area (Å²) >= 11 is 1.64. The van der Waals surface area contributed by atoms with Gasteiger partial charge in [-0.1, -0.05) is 32.0 Å². The van der Waals surface area contributed by atoms with Crippen LogP contribution in [0.4, 0.5) is 5.69 Å². The number of rotatable bonds is 3. The van der Waals surface area contributed by atoms with Gasteiger partial charge in [-0.25, -0.2) is 4.98 Å². The highest BCUT2D eigenvalue weighted by atomic mass is 32.1. The van der Waals surface area contributed by atoms with Gasteiger partial charge < -0.3 is 10.5 Å². The Labute approximate surface area is 128 Å². The predicted molar refractivity (Wildman–Crippen MR) is 89.4 cm³/mol. The Hall–Kier alpha value is -2.07. The molecule has 3 aromatic rings. The molecule has 0 spiro atoms. The van der Waals surface area contributed by atoms with Crippen molar-refractivity contribution in [3.8, 4) is 11.5 Å². The Morgan fingerprint density at radius 1 is 1.14 bits per heavy atom. The number of nitrogen functional groups attached to an aromatic ring is 1. The van der Waals surface area contributed by atoms with Crippen molar-refractivity contribution in [1.82, 2.24) is 4.98 Å². The van der Waals surface area contributed by atoms with Gasteiger partial charge in [-0.15, -0.1) is 11.3 Å². The fourth-order valence-electron chi connectivity index (χ4n) is 2.34. The molecule has 2 aromatic carbocycles. The highest BCUT2D eigenvalue weighted by Gasteiger charge is 2.12. The van der Waals surface area contributed by atoms with Gasteiger partial charge in [0, 0.05) is 6.07 Å². The lowest BCUT2D eigenvalue weighted by atomic mass is 10.0. The number of fused-ring (bicyclic) bond motifs is 1. The van der Waals surface area contributed by atoms with Crippen molar-refractivity contribution in [1.29, 1.82) is 0 Å². The quantitative estimate of drug-likeness (QED) is 0.684. The standard InChI is InChI=1S/C17H18N2OS/c1-10(2)12-6-4-5-7-15(12)20-16-9-14-17(8-13(16)18)21-11(3)19-14/h4-10H,18H2,1-3H3. The summed E-state index contributed by atoms with van der Waals surface area (Å²) in [5.74, 6) is 1.92. The van der Waals surface area contributed by atoms with Crippen LogP contribution in [0.5, 0.6) is 11.5 Å². The van der Waals surface area contributed by atoms with Crippen molar-refractivity contribution in [3.63, 3.8) is 0 Å². The minimum absolute atomic E-state index is 0.396. The number of nitrogens with two attached hydrogens (primary N) is 1. The second kappa shape index (κ2) is 5.37. The lowest BCUT2D eigenvalue weighted by molar-refractivity contribution is 0.476. The van der Waals surface area contributed by atoms with Crippen LogP contribution in [-0.4, -0.2) is 4.98 Å². The van der Waals surface area contributed by atoms with Gasteiger partial charge in [0.15, 0.2) is 5.75 Å². The number of ether oxygens (including phenoxy) is 1. The molecule has 0 unspecified atom stereocenters. The number of benzene rings is 2. The third-order valence-electron chi connectivity index (χ3n) is 3.39. The molecule has 4 heteroatoms. The van der Waals surface area contributed by atoms with Crippen molar-refractivity contribution >= 4 is 27.2 Å². The third kappa shape index (κ3) is 2.72.